The number of rotatable bonds is 8. The van der Waals surface area contributed by atoms with Gasteiger partial charge in [-0.25, -0.2) is 8.42 Å². The minimum Gasteiger partial charge on any atom is -0.357 e. The lowest BCUT2D eigenvalue weighted by Crippen LogP contribution is -2.50. The van der Waals surface area contributed by atoms with E-state index in [4.69, 9.17) is 11.6 Å². The highest BCUT2D eigenvalue weighted by atomic mass is 79.9. The summed E-state index contributed by atoms with van der Waals surface area (Å²) in [5, 5.41) is 3.02. The van der Waals surface area contributed by atoms with E-state index < -0.39 is 28.5 Å². The molecule has 0 aromatic heterocycles. The Labute approximate surface area is 190 Å². The molecule has 1 unspecified atom stereocenters. The third-order valence-corrected chi connectivity index (χ3v) is 6.30. The monoisotopic (exact) mass is 515 g/mol. The minimum absolute atomic E-state index is 0.101. The van der Waals surface area contributed by atoms with Crippen LogP contribution in [0.25, 0.3) is 0 Å². The van der Waals surface area contributed by atoms with Gasteiger partial charge in [0.15, 0.2) is 0 Å². The molecule has 2 amide bonds. The van der Waals surface area contributed by atoms with Gasteiger partial charge in [0.05, 0.1) is 11.9 Å². The van der Waals surface area contributed by atoms with Crippen LogP contribution in [-0.2, 0) is 26.2 Å². The molecule has 162 valence electrons. The van der Waals surface area contributed by atoms with Crippen LogP contribution in [-0.4, -0.2) is 51.0 Å². The van der Waals surface area contributed by atoms with Gasteiger partial charge in [-0.3, -0.25) is 13.9 Å². The lowest BCUT2D eigenvalue weighted by molar-refractivity contribution is -0.139. The van der Waals surface area contributed by atoms with Crippen LogP contribution in [0.5, 0.6) is 0 Å². The summed E-state index contributed by atoms with van der Waals surface area (Å²) in [7, 11) is -2.27. The smallest absolute Gasteiger partial charge is 0.244 e. The SMILES string of the molecule is CNC(=O)C(C)N(Cc1cccc(Cl)c1)C(=O)CN(c1cccc(Br)c1)S(C)(=O)=O. The lowest BCUT2D eigenvalue weighted by Gasteiger charge is -2.31. The number of nitrogens with one attached hydrogen (secondary N) is 1. The summed E-state index contributed by atoms with van der Waals surface area (Å²) in [5.41, 5.74) is 1.07. The summed E-state index contributed by atoms with van der Waals surface area (Å²) in [4.78, 5) is 26.8. The molecule has 0 fully saturated rings. The molecule has 2 aromatic rings. The maximum atomic E-state index is 13.2. The molecule has 0 aliphatic carbocycles. The van der Waals surface area contributed by atoms with Crippen molar-refractivity contribution in [3.05, 3.63) is 63.6 Å². The lowest BCUT2D eigenvalue weighted by atomic mass is 10.1. The van der Waals surface area contributed by atoms with Crippen molar-refractivity contribution in [3.8, 4) is 0 Å². The van der Waals surface area contributed by atoms with Gasteiger partial charge in [0.25, 0.3) is 0 Å². The van der Waals surface area contributed by atoms with E-state index in [1.54, 1.807) is 55.5 Å². The van der Waals surface area contributed by atoms with Crippen LogP contribution >= 0.6 is 27.5 Å². The zero-order valence-electron chi connectivity index (χ0n) is 16.8. The van der Waals surface area contributed by atoms with Gasteiger partial charge in [-0.2, -0.15) is 0 Å². The van der Waals surface area contributed by atoms with Crippen molar-refractivity contribution in [2.24, 2.45) is 0 Å². The first-order chi connectivity index (χ1) is 14.0. The third kappa shape index (κ3) is 6.45. The number of amides is 2. The van der Waals surface area contributed by atoms with E-state index >= 15 is 0 Å². The van der Waals surface area contributed by atoms with Gasteiger partial charge in [-0.15, -0.1) is 0 Å². The molecule has 0 aliphatic heterocycles. The van der Waals surface area contributed by atoms with Crippen LogP contribution in [0.2, 0.25) is 5.02 Å². The molecular weight excluding hydrogens is 494 g/mol. The Morgan fingerprint density at radius 2 is 1.83 bits per heavy atom. The van der Waals surface area contributed by atoms with E-state index in [0.717, 1.165) is 16.1 Å². The maximum Gasteiger partial charge on any atom is 0.244 e. The fourth-order valence-corrected chi connectivity index (χ4v) is 4.31. The van der Waals surface area contributed by atoms with Crippen LogP contribution in [0.3, 0.4) is 0 Å². The second-order valence-corrected chi connectivity index (χ2v) is 9.95. The van der Waals surface area contributed by atoms with E-state index in [9.17, 15) is 18.0 Å². The first-order valence-corrected chi connectivity index (χ1v) is 12.0. The number of nitrogens with zero attached hydrogens (tertiary/aromatic N) is 2. The highest BCUT2D eigenvalue weighted by Crippen LogP contribution is 2.23. The maximum absolute atomic E-state index is 13.2. The van der Waals surface area contributed by atoms with E-state index in [-0.39, 0.29) is 12.5 Å². The van der Waals surface area contributed by atoms with Crippen LogP contribution < -0.4 is 9.62 Å². The molecule has 0 bridgehead atoms. The molecular formula is C20H23BrClN3O4S. The number of hydrogen-bond acceptors (Lipinski definition) is 4. The van der Waals surface area contributed by atoms with E-state index in [2.05, 4.69) is 21.2 Å². The van der Waals surface area contributed by atoms with Crippen molar-refractivity contribution in [3.63, 3.8) is 0 Å². The van der Waals surface area contributed by atoms with Crippen LogP contribution in [0, 0.1) is 0 Å². The Balaban J connectivity index is 2.38. The number of benzene rings is 2. The zero-order chi connectivity index (χ0) is 22.5. The molecule has 2 rings (SSSR count). The second kappa shape index (κ2) is 10.3. The topological polar surface area (TPSA) is 86.8 Å². The summed E-state index contributed by atoms with van der Waals surface area (Å²) in [5.74, 6) is -0.879. The van der Waals surface area contributed by atoms with Gasteiger partial charge in [-0.05, 0) is 42.8 Å². The van der Waals surface area contributed by atoms with E-state index in [1.807, 2.05) is 0 Å². The summed E-state index contributed by atoms with van der Waals surface area (Å²) in [6.07, 6.45) is 1.03. The summed E-state index contributed by atoms with van der Waals surface area (Å²) < 4.78 is 26.5. The highest BCUT2D eigenvalue weighted by Gasteiger charge is 2.29. The largest absolute Gasteiger partial charge is 0.357 e. The fraction of sp³-hybridized carbons (Fsp3) is 0.300. The Kier molecular flexibility index (Phi) is 8.28. The molecule has 0 saturated heterocycles. The highest BCUT2D eigenvalue weighted by molar-refractivity contribution is 9.10. The Bertz CT molecular complexity index is 1030. The summed E-state index contributed by atoms with van der Waals surface area (Å²) >= 11 is 9.35. The van der Waals surface area contributed by atoms with Crippen LogP contribution in [0.15, 0.2) is 53.0 Å². The summed E-state index contributed by atoms with van der Waals surface area (Å²) in [6, 6.07) is 12.8. The Morgan fingerprint density at radius 1 is 1.17 bits per heavy atom. The first kappa shape index (κ1) is 24.2. The number of hydrogen-bond donors (Lipinski definition) is 1. The molecule has 10 heteroatoms. The fourth-order valence-electron chi connectivity index (χ4n) is 2.87. The average Bonchev–Trinajstić information content (AvgIpc) is 2.68. The number of halogens is 2. The molecule has 1 atom stereocenters. The molecule has 1 N–H and O–H groups in total. The van der Waals surface area contributed by atoms with Gasteiger partial charge >= 0.3 is 0 Å². The van der Waals surface area contributed by atoms with Gasteiger partial charge in [0, 0.05) is 23.1 Å². The van der Waals surface area contributed by atoms with Crippen LogP contribution in [0.4, 0.5) is 5.69 Å². The standard InChI is InChI=1S/C20H23BrClN3O4S/c1-14(20(27)23-2)24(12-15-6-4-8-17(22)10-15)19(26)13-25(30(3,28)29)18-9-5-7-16(21)11-18/h4-11,14H,12-13H2,1-3H3,(H,23,27). The van der Waals surface area contributed by atoms with Crippen molar-refractivity contribution in [1.29, 1.82) is 0 Å². The number of carbonyl (C=O) groups is 2. The van der Waals surface area contributed by atoms with Gasteiger partial charge in [0.1, 0.15) is 12.6 Å². The second-order valence-electron chi connectivity index (χ2n) is 6.69. The third-order valence-electron chi connectivity index (χ3n) is 4.43. The van der Waals surface area contributed by atoms with E-state index in [1.165, 1.54) is 11.9 Å². The zero-order valence-corrected chi connectivity index (χ0v) is 20.0. The molecule has 0 heterocycles. The van der Waals surface area contributed by atoms with Crippen molar-refractivity contribution < 1.29 is 18.0 Å². The molecule has 7 nitrogen and oxygen atoms in total. The number of likely N-dealkylation sites (N-methyl/N-ethyl adjacent to an activating group) is 1. The molecule has 30 heavy (non-hydrogen) atoms. The molecule has 0 saturated carbocycles. The number of anilines is 1. The first-order valence-electron chi connectivity index (χ1n) is 9.01. The van der Waals surface area contributed by atoms with Crippen molar-refractivity contribution in [2.45, 2.75) is 19.5 Å². The molecule has 2 aromatic carbocycles. The predicted molar refractivity (Wildman–Crippen MR) is 122 cm³/mol. The Hall–Kier alpha value is -2.10. The van der Waals surface area contributed by atoms with Crippen molar-refractivity contribution in [1.82, 2.24) is 10.2 Å². The van der Waals surface area contributed by atoms with Gasteiger partial charge in [0.2, 0.25) is 21.8 Å². The van der Waals surface area contributed by atoms with E-state index in [0.29, 0.717) is 15.2 Å². The molecule has 0 aliphatic rings. The van der Waals surface area contributed by atoms with Gasteiger partial charge < -0.3 is 10.2 Å². The summed E-state index contributed by atoms with van der Waals surface area (Å²) in [6.45, 7) is 1.24. The van der Waals surface area contributed by atoms with Crippen molar-refractivity contribution >= 4 is 55.1 Å². The quantitative estimate of drug-likeness (QED) is 0.584. The minimum atomic E-state index is -3.75. The number of sulfonamides is 1. The van der Waals surface area contributed by atoms with Crippen molar-refractivity contribution in [2.75, 3.05) is 24.2 Å². The average molecular weight is 517 g/mol. The predicted octanol–water partition coefficient (Wildman–Crippen LogP) is 3.03. The number of carbonyl (C=O) groups excluding carboxylic acids is 2. The Morgan fingerprint density at radius 3 is 2.40 bits per heavy atom. The normalized spacial score (nSPS) is 12.2. The van der Waals surface area contributed by atoms with Gasteiger partial charge in [-0.1, -0.05) is 45.7 Å². The molecule has 0 spiro atoms. The van der Waals surface area contributed by atoms with Crippen LogP contribution in [0.1, 0.15) is 12.5 Å². The molecule has 0 radical (unpaired) electrons.